The molecular formula is C13H18ClNO2. The second-order valence-corrected chi connectivity index (χ2v) is 5.30. The Labute approximate surface area is 107 Å². The van der Waals surface area contributed by atoms with Crippen LogP contribution < -0.4 is 5.32 Å². The summed E-state index contributed by atoms with van der Waals surface area (Å²) >= 11 is 5.79. The number of carboxylic acids is 1. The highest BCUT2D eigenvalue weighted by Crippen LogP contribution is 2.24. The van der Waals surface area contributed by atoms with Crippen LogP contribution in [-0.4, -0.2) is 16.6 Å². The topological polar surface area (TPSA) is 49.3 Å². The molecule has 0 fully saturated rings. The Kier molecular flexibility index (Phi) is 4.40. The first kappa shape index (κ1) is 13.8. The van der Waals surface area contributed by atoms with E-state index in [1.165, 1.54) is 0 Å². The van der Waals surface area contributed by atoms with Crippen molar-refractivity contribution in [3.63, 3.8) is 0 Å². The third-order valence-corrected chi connectivity index (χ3v) is 2.80. The van der Waals surface area contributed by atoms with E-state index in [9.17, 15) is 9.90 Å². The standard InChI is InChI=1S/C13H18ClNO2/c1-9(2)8-13(3,12(16)17)15-11-6-4-10(14)5-7-11/h4-7,9,15H,8H2,1-3H3,(H,16,17). The predicted molar refractivity (Wildman–Crippen MR) is 70.6 cm³/mol. The number of hydrogen-bond acceptors (Lipinski definition) is 2. The molecule has 94 valence electrons. The molecule has 1 rings (SSSR count). The lowest BCUT2D eigenvalue weighted by molar-refractivity contribution is -0.142. The van der Waals surface area contributed by atoms with E-state index in [4.69, 9.17) is 11.6 Å². The summed E-state index contributed by atoms with van der Waals surface area (Å²) in [7, 11) is 0. The van der Waals surface area contributed by atoms with E-state index in [1.54, 1.807) is 31.2 Å². The average molecular weight is 256 g/mol. The fraction of sp³-hybridized carbons (Fsp3) is 0.462. The van der Waals surface area contributed by atoms with Gasteiger partial charge in [-0.25, -0.2) is 4.79 Å². The van der Waals surface area contributed by atoms with Crippen molar-refractivity contribution in [2.75, 3.05) is 5.32 Å². The van der Waals surface area contributed by atoms with Crippen LogP contribution >= 0.6 is 11.6 Å². The molecule has 17 heavy (non-hydrogen) atoms. The van der Waals surface area contributed by atoms with Gasteiger partial charge in [-0.05, 0) is 43.5 Å². The van der Waals surface area contributed by atoms with E-state index >= 15 is 0 Å². The van der Waals surface area contributed by atoms with Crippen molar-refractivity contribution in [2.24, 2.45) is 5.92 Å². The molecule has 0 aliphatic rings. The van der Waals surface area contributed by atoms with Gasteiger partial charge in [0.05, 0.1) is 0 Å². The molecule has 0 heterocycles. The second-order valence-electron chi connectivity index (χ2n) is 4.87. The Bertz CT molecular complexity index is 389. The summed E-state index contributed by atoms with van der Waals surface area (Å²) in [5, 5.41) is 13.0. The van der Waals surface area contributed by atoms with Gasteiger partial charge in [-0.15, -0.1) is 0 Å². The first-order chi connectivity index (χ1) is 7.83. The van der Waals surface area contributed by atoms with Gasteiger partial charge in [0.2, 0.25) is 0 Å². The van der Waals surface area contributed by atoms with Crippen molar-refractivity contribution >= 4 is 23.3 Å². The normalized spacial score (nSPS) is 14.4. The minimum absolute atomic E-state index is 0.302. The lowest BCUT2D eigenvalue weighted by Crippen LogP contribution is -2.44. The van der Waals surface area contributed by atoms with Gasteiger partial charge in [0.1, 0.15) is 5.54 Å². The number of aliphatic carboxylic acids is 1. The molecule has 0 bridgehead atoms. The zero-order valence-electron chi connectivity index (χ0n) is 10.3. The number of benzene rings is 1. The van der Waals surface area contributed by atoms with Gasteiger partial charge >= 0.3 is 5.97 Å². The molecule has 4 heteroatoms. The SMILES string of the molecule is CC(C)CC(C)(Nc1ccc(Cl)cc1)C(=O)O. The highest BCUT2D eigenvalue weighted by molar-refractivity contribution is 6.30. The fourth-order valence-electron chi connectivity index (χ4n) is 1.86. The lowest BCUT2D eigenvalue weighted by Gasteiger charge is -2.29. The number of anilines is 1. The Morgan fingerprint density at radius 3 is 2.35 bits per heavy atom. The lowest BCUT2D eigenvalue weighted by atomic mass is 9.90. The molecule has 0 aliphatic heterocycles. The summed E-state index contributed by atoms with van der Waals surface area (Å²) in [4.78, 5) is 11.3. The first-order valence-electron chi connectivity index (χ1n) is 5.60. The van der Waals surface area contributed by atoms with Gasteiger partial charge in [0.25, 0.3) is 0 Å². The maximum atomic E-state index is 11.3. The molecule has 2 N–H and O–H groups in total. The van der Waals surface area contributed by atoms with Crippen LogP contribution in [0.15, 0.2) is 24.3 Å². The van der Waals surface area contributed by atoms with E-state index in [0.29, 0.717) is 17.4 Å². The zero-order valence-corrected chi connectivity index (χ0v) is 11.1. The van der Waals surface area contributed by atoms with Gasteiger partial charge in [-0.3, -0.25) is 0 Å². The van der Waals surface area contributed by atoms with Crippen molar-refractivity contribution in [1.82, 2.24) is 0 Å². The van der Waals surface area contributed by atoms with Gasteiger partial charge in [-0.1, -0.05) is 25.4 Å². The quantitative estimate of drug-likeness (QED) is 0.845. The number of carbonyl (C=O) groups is 1. The molecule has 1 atom stereocenters. The fourth-order valence-corrected chi connectivity index (χ4v) is 1.99. The van der Waals surface area contributed by atoms with Crippen molar-refractivity contribution in [3.8, 4) is 0 Å². The molecule has 1 unspecified atom stereocenters. The second kappa shape index (κ2) is 5.41. The monoisotopic (exact) mass is 255 g/mol. The van der Waals surface area contributed by atoms with Gasteiger partial charge < -0.3 is 10.4 Å². The van der Waals surface area contributed by atoms with E-state index in [-0.39, 0.29) is 0 Å². The van der Waals surface area contributed by atoms with Crippen LogP contribution in [0.2, 0.25) is 5.02 Å². The van der Waals surface area contributed by atoms with Crippen LogP contribution in [0.5, 0.6) is 0 Å². The van der Waals surface area contributed by atoms with E-state index < -0.39 is 11.5 Å². The minimum Gasteiger partial charge on any atom is -0.480 e. The van der Waals surface area contributed by atoms with Crippen LogP contribution in [0.3, 0.4) is 0 Å². The van der Waals surface area contributed by atoms with Gasteiger partial charge in [-0.2, -0.15) is 0 Å². The van der Waals surface area contributed by atoms with Crippen molar-refractivity contribution < 1.29 is 9.90 Å². The zero-order chi connectivity index (χ0) is 13.1. The van der Waals surface area contributed by atoms with Gasteiger partial charge in [0.15, 0.2) is 0 Å². The third kappa shape index (κ3) is 3.93. The summed E-state index contributed by atoms with van der Waals surface area (Å²) in [6, 6.07) is 7.04. The minimum atomic E-state index is -0.956. The Balaban J connectivity index is 2.86. The molecule has 1 aromatic rings. The molecular weight excluding hydrogens is 238 g/mol. The molecule has 3 nitrogen and oxygen atoms in total. The third-order valence-electron chi connectivity index (χ3n) is 2.55. The Hall–Kier alpha value is -1.22. The van der Waals surface area contributed by atoms with Gasteiger partial charge in [0, 0.05) is 10.7 Å². The summed E-state index contributed by atoms with van der Waals surface area (Å²) in [6.07, 6.45) is 0.560. The number of halogens is 1. The molecule has 1 aromatic carbocycles. The first-order valence-corrected chi connectivity index (χ1v) is 5.98. The Morgan fingerprint density at radius 1 is 1.41 bits per heavy atom. The number of nitrogens with one attached hydrogen (secondary N) is 1. The summed E-state index contributed by atoms with van der Waals surface area (Å²) in [5.41, 5.74) is -0.193. The number of carboxylic acid groups (broad SMARTS) is 1. The molecule has 0 saturated heterocycles. The van der Waals surface area contributed by atoms with Crippen LogP contribution in [0.4, 0.5) is 5.69 Å². The van der Waals surface area contributed by atoms with Crippen LogP contribution in [0.25, 0.3) is 0 Å². The number of hydrogen-bond donors (Lipinski definition) is 2. The number of rotatable bonds is 5. The largest absolute Gasteiger partial charge is 0.480 e. The molecule has 0 saturated carbocycles. The average Bonchev–Trinajstić information content (AvgIpc) is 2.20. The summed E-state index contributed by atoms with van der Waals surface area (Å²) in [5.74, 6) is -0.544. The molecule has 0 spiro atoms. The van der Waals surface area contributed by atoms with Crippen molar-refractivity contribution in [2.45, 2.75) is 32.7 Å². The maximum absolute atomic E-state index is 11.3. The highest BCUT2D eigenvalue weighted by Gasteiger charge is 2.33. The predicted octanol–water partition coefficient (Wildman–Crippen LogP) is 3.64. The molecule has 0 radical (unpaired) electrons. The summed E-state index contributed by atoms with van der Waals surface area (Å²) in [6.45, 7) is 5.71. The van der Waals surface area contributed by atoms with E-state index in [1.807, 2.05) is 13.8 Å². The molecule has 0 aliphatic carbocycles. The smallest absolute Gasteiger partial charge is 0.329 e. The van der Waals surface area contributed by atoms with E-state index in [2.05, 4.69) is 5.32 Å². The molecule has 0 aromatic heterocycles. The van der Waals surface area contributed by atoms with E-state index in [0.717, 1.165) is 5.69 Å². The van der Waals surface area contributed by atoms with Crippen molar-refractivity contribution in [3.05, 3.63) is 29.3 Å². The van der Waals surface area contributed by atoms with Crippen LogP contribution in [-0.2, 0) is 4.79 Å². The van der Waals surface area contributed by atoms with Crippen LogP contribution in [0.1, 0.15) is 27.2 Å². The van der Waals surface area contributed by atoms with Crippen LogP contribution in [0, 0.1) is 5.92 Å². The Morgan fingerprint density at radius 2 is 1.94 bits per heavy atom. The summed E-state index contributed by atoms with van der Waals surface area (Å²) < 4.78 is 0. The molecule has 0 amide bonds. The van der Waals surface area contributed by atoms with Crippen molar-refractivity contribution in [1.29, 1.82) is 0 Å². The highest BCUT2D eigenvalue weighted by atomic mass is 35.5. The maximum Gasteiger partial charge on any atom is 0.329 e.